The lowest BCUT2D eigenvalue weighted by atomic mass is 10.2. The molecule has 0 fully saturated rings. The molecule has 1 nitrogen and oxygen atoms in total. The summed E-state index contributed by atoms with van der Waals surface area (Å²) in [7, 11) is 0. The fourth-order valence-electron chi connectivity index (χ4n) is 1.06. The van der Waals surface area contributed by atoms with Crippen LogP contribution in [0.15, 0.2) is 11.0 Å². The van der Waals surface area contributed by atoms with Crippen molar-refractivity contribution in [2.24, 2.45) is 0 Å². The Bertz CT molecular complexity index is 130. The van der Waals surface area contributed by atoms with E-state index in [2.05, 4.69) is 13.0 Å². The molecule has 1 N–H and O–H groups in total. The van der Waals surface area contributed by atoms with Crippen LogP contribution in [0.3, 0.4) is 0 Å². The third-order valence-corrected chi connectivity index (χ3v) is 2.78. The number of hydrogen-bond donors (Lipinski definition) is 1. The number of allylic oxidation sites excluding steroid dienone is 1. The second kappa shape index (κ2) is 7.69. The van der Waals surface area contributed by atoms with E-state index in [1.54, 1.807) is 11.8 Å². The predicted octanol–water partition coefficient (Wildman–Crippen LogP) is 3.19. The van der Waals surface area contributed by atoms with Gasteiger partial charge < -0.3 is 5.11 Å². The van der Waals surface area contributed by atoms with Gasteiger partial charge in [-0.15, -0.1) is 11.8 Å². The number of aliphatic hydroxyl groups is 1. The van der Waals surface area contributed by atoms with Crippen LogP contribution in [-0.2, 0) is 0 Å². The van der Waals surface area contributed by atoms with E-state index in [0.717, 1.165) is 11.3 Å². The molecule has 0 radical (unpaired) electrons. The van der Waals surface area contributed by atoms with Gasteiger partial charge in [-0.05, 0) is 26.0 Å². The van der Waals surface area contributed by atoms with E-state index in [-0.39, 0.29) is 6.10 Å². The van der Waals surface area contributed by atoms with Gasteiger partial charge in [0.2, 0.25) is 0 Å². The van der Waals surface area contributed by atoms with E-state index >= 15 is 0 Å². The summed E-state index contributed by atoms with van der Waals surface area (Å²) < 4.78 is 0. The lowest BCUT2D eigenvalue weighted by molar-refractivity contribution is 0.240. The summed E-state index contributed by atoms with van der Waals surface area (Å²) in [5.41, 5.74) is 0. The van der Waals surface area contributed by atoms with Crippen molar-refractivity contribution in [3.63, 3.8) is 0 Å². The molecule has 2 heteroatoms. The Kier molecular flexibility index (Phi) is 7.72. The zero-order valence-corrected chi connectivity index (χ0v) is 9.16. The van der Waals surface area contributed by atoms with Crippen molar-refractivity contribution in [1.29, 1.82) is 0 Å². The first-order valence-electron chi connectivity index (χ1n) is 4.64. The van der Waals surface area contributed by atoms with Crippen LogP contribution in [0, 0.1) is 0 Å². The molecular formula is C10H20OS. The zero-order chi connectivity index (χ0) is 9.40. The summed E-state index contributed by atoms with van der Waals surface area (Å²) in [5, 5.41) is 9.28. The molecule has 0 amide bonds. The smallest absolute Gasteiger partial charge is 0.0816 e. The SMILES string of the molecule is CCCCC/C=C(/SC)C(C)O. The molecule has 0 saturated heterocycles. The van der Waals surface area contributed by atoms with E-state index in [9.17, 15) is 5.11 Å². The van der Waals surface area contributed by atoms with Gasteiger partial charge in [0.15, 0.2) is 0 Å². The van der Waals surface area contributed by atoms with Crippen molar-refractivity contribution in [3.05, 3.63) is 11.0 Å². The molecule has 0 aromatic heterocycles. The minimum atomic E-state index is -0.290. The van der Waals surface area contributed by atoms with Crippen molar-refractivity contribution in [2.45, 2.75) is 45.6 Å². The normalized spacial score (nSPS) is 14.8. The molecule has 72 valence electrons. The summed E-state index contributed by atoms with van der Waals surface area (Å²) in [5.74, 6) is 0. The molecule has 0 spiro atoms. The molecule has 1 atom stereocenters. The summed E-state index contributed by atoms with van der Waals surface area (Å²) >= 11 is 1.65. The predicted molar refractivity (Wildman–Crippen MR) is 57.4 cm³/mol. The minimum absolute atomic E-state index is 0.290. The van der Waals surface area contributed by atoms with Crippen molar-refractivity contribution in [2.75, 3.05) is 6.26 Å². The highest BCUT2D eigenvalue weighted by atomic mass is 32.2. The van der Waals surface area contributed by atoms with Crippen LogP contribution < -0.4 is 0 Å². The second-order valence-corrected chi connectivity index (χ2v) is 3.86. The monoisotopic (exact) mass is 188 g/mol. The van der Waals surface area contributed by atoms with Crippen molar-refractivity contribution in [1.82, 2.24) is 0 Å². The Hall–Kier alpha value is 0.0500. The quantitative estimate of drug-likeness (QED) is 0.646. The molecule has 0 aliphatic heterocycles. The molecule has 0 aliphatic carbocycles. The van der Waals surface area contributed by atoms with Crippen LogP contribution in [0.5, 0.6) is 0 Å². The van der Waals surface area contributed by atoms with Gasteiger partial charge in [0.1, 0.15) is 0 Å². The summed E-state index contributed by atoms with van der Waals surface area (Å²) in [6.45, 7) is 4.02. The fourth-order valence-corrected chi connectivity index (χ4v) is 1.69. The molecule has 12 heavy (non-hydrogen) atoms. The first kappa shape index (κ1) is 12.0. The topological polar surface area (TPSA) is 20.2 Å². The van der Waals surface area contributed by atoms with Gasteiger partial charge in [-0.3, -0.25) is 0 Å². The van der Waals surface area contributed by atoms with E-state index in [4.69, 9.17) is 0 Å². The summed E-state index contributed by atoms with van der Waals surface area (Å²) in [6.07, 6.45) is 8.78. The first-order valence-corrected chi connectivity index (χ1v) is 5.87. The fraction of sp³-hybridized carbons (Fsp3) is 0.800. The first-order chi connectivity index (χ1) is 5.72. The maximum atomic E-state index is 9.28. The Morgan fingerprint density at radius 1 is 1.50 bits per heavy atom. The van der Waals surface area contributed by atoms with Crippen molar-refractivity contribution < 1.29 is 5.11 Å². The Balaban J connectivity index is 3.63. The third-order valence-electron chi connectivity index (χ3n) is 1.80. The average Bonchev–Trinajstić information content (AvgIpc) is 2.04. The van der Waals surface area contributed by atoms with Gasteiger partial charge in [-0.2, -0.15) is 0 Å². The molecular weight excluding hydrogens is 168 g/mol. The van der Waals surface area contributed by atoms with E-state index in [0.29, 0.717) is 0 Å². The number of thioether (sulfide) groups is 1. The number of hydrogen-bond acceptors (Lipinski definition) is 2. The summed E-state index contributed by atoms with van der Waals surface area (Å²) in [4.78, 5) is 1.10. The maximum Gasteiger partial charge on any atom is 0.0816 e. The highest BCUT2D eigenvalue weighted by Gasteiger charge is 2.01. The van der Waals surface area contributed by atoms with Gasteiger partial charge in [-0.25, -0.2) is 0 Å². The van der Waals surface area contributed by atoms with E-state index in [1.165, 1.54) is 19.3 Å². The molecule has 0 aromatic rings. The third kappa shape index (κ3) is 5.67. The number of rotatable bonds is 6. The van der Waals surface area contributed by atoms with Crippen LogP contribution in [0.25, 0.3) is 0 Å². The molecule has 1 unspecified atom stereocenters. The highest BCUT2D eigenvalue weighted by Crippen LogP contribution is 2.17. The molecule has 0 aliphatic rings. The number of unbranched alkanes of at least 4 members (excludes halogenated alkanes) is 3. The van der Waals surface area contributed by atoms with Gasteiger partial charge in [0.05, 0.1) is 6.10 Å². The molecule has 0 rings (SSSR count). The van der Waals surface area contributed by atoms with Crippen molar-refractivity contribution >= 4 is 11.8 Å². The van der Waals surface area contributed by atoms with Crippen molar-refractivity contribution in [3.8, 4) is 0 Å². The lowest BCUT2D eigenvalue weighted by Gasteiger charge is -2.06. The maximum absolute atomic E-state index is 9.28. The largest absolute Gasteiger partial charge is 0.388 e. The second-order valence-electron chi connectivity index (χ2n) is 2.98. The molecule has 0 heterocycles. The van der Waals surface area contributed by atoms with Gasteiger partial charge in [0.25, 0.3) is 0 Å². The van der Waals surface area contributed by atoms with Crippen LogP contribution in [0.1, 0.15) is 39.5 Å². The standard InChI is InChI=1S/C10H20OS/c1-4-5-6-7-8-10(12-3)9(2)11/h8-9,11H,4-7H2,1-3H3/b10-8+. The average molecular weight is 188 g/mol. The highest BCUT2D eigenvalue weighted by molar-refractivity contribution is 8.02. The van der Waals surface area contributed by atoms with E-state index < -0.39 is 0 Å². The summed E-state index contributed by atoms with van der Waals surface area (Å²) in [6, 6.07) is 0. The Labute approximate surface area is 80.3 Å². The van der Waals surface area contributed by atoms with Crippen LogP contribution >= 0.6 is 11.8 Å². The minimum Gasteiger partial charge on any atom is -0.388 e. The lowest BCUT2D eigenvalue weighted by Crippen LogP contribution is -2.00. The zero-order valence-electron chi connectivity index (χ0n) is 8.34. The van der Waals surface area contributed by atoms with Gasteiger partial charge in [-0.1, -0.05) is 25.8 Å². The molecule has 0 aromatic carbocycles. The van der Waals surface area contributed by atoms with Gasteiger partial charge in [0, 0.05) is 4.91 Å². The molecule has 0 bridgehead atoms. The van der Waals surface area contributed by atoms with Gasteiger partial charge >= 0.3 is 0 Å². The van der Waals surface area contributed by atoms with Crippen LogP contribution in [0.4, 0.5) is 0 Å². The Morgan fingerprint density at radius 3 is 2.58 bits per heavy atom. The Morgan fingerprint density at radius 2 is 2.17 bits per heavy atom. The molecule has 0 saturated carbocycles. The number of aliphatic hydroxyl groups excluding tert-OH is 1. The van der Waals surface area contributed by atoms with Crippen LogP contribution in [-0.4, -0.2) is 17.5 Å². The van der Waals surface area contributed by atoms with Crippen LogP contribution in [0.2, 0.25) is 0 Å². The van der Waals surface area contributed by atoms with E-state index in [1.807, 2.05) is 13.2 Å².